The summed E-state index contributed by atoms with van der Waals surface area (Å²) in [6, 6.07) is 16.4. The average molecular weight is 538 g/mol. The summed E-state index contributed by atoms with van der Waals surface area (Å²) in [6.07, 6.45) is 3.31. The molecule has 0 saturated heterocycles. The van der Waals surface area contributed by atoms with Crippen molar-refractivity contribution >= 4 is 41.3 Å². The highest BCUT2D eigenvalue weighted by atomic mass is 35.5. The molecule has 3 aromatic rings. The first-order chi connectivity index (χ1) is 18.3. The number of benzene rings is 3. The van der Waals surface area contributed by atoms with Gasteiger partial charge in [-0.2, -0.15) is 5.10 Å². The monoisotopic (exact) mass is 537 g/mol. The molecular weight excluding hydrogens is 510 g/mol. The second-order valence-corrected chi connectivity index (χ2v) is 8.50. The van der Waals surface area contributed by atoms with Gasteiger partial charge in [0.1, 0.15) is 5.75 Å². The van der Waals surface area contributed by atoms with Gasteiger partial charge in [0.2, 0.25) is 0 Å². The Labute approximate surface area is 225 Å². The molecule has 0 fully saturated rings. The summed E-state index contributed by atoms with van der Waals surface area (Å²) >= 11 is 6.03. The number of hydrazone groups is 1. The third kappa shape index (κ3) is 7.81. The lowest BCUT2D eigenvalue weighted by Gasteiger charge is -2.10. The highest BCUT2D eigenvalue weighted by Crippen LogP contribution is 2.28. The molecule has 38 heavy (non-hydrogen) atoms. The largest absolute Gasteiger partial charge is 0.494 e. The van der Waals surface area contributed by atoms with Crippen LogP contribution in [-0.4, -0.2) is 37.7 Å². The number of ether oxygens (including phenoxy) is 3. The number of hydrogen-bond donors (Lipinski definition) is 2. The Bertz CT molecular complexity index is 1320. The summed E-state index contributed by atoms with van der Waals surface area (Å²) in [6.45, 7) is 4.43. The minimum atomic E-state index is -0.958. The van der Waals surface area contributed by atoms with Crippen molar-refractivity contribution in [3.8, 4) is 17.2 Å². The molecule has 3 aromatic carbocycles. The van der Waals surface area contributed by atoms with E-state index in [1.807, 2.05) is 0 Å². The smallest absolute Gasteiger partial charge is 0.343 e. The average Bonchev–Trinajstić information content (AvgIpc) is 2.92. The van der Waals surface area contributed by atoms with E-state index < -0.39 is 17.8 Å². The maximum absolute atomic E-state index is 12.6. The van der Waals surface area contributed by atoms with Gasteiger partial charge in [-0.1, -0.05) is 31.0 Å². The van der Waals surface area contributed by atoms with Gasteiger partial charge in [0.05, 0.1) is 25.5 Å². The molecule has 198 valence electrons. The van der Waals surface area contributed by atoms with Gasteiger partial charge in [-0.05, 0) is 79.1 Å². The Morgan fingerprint density at radius 2 is 1.76 bits per heavy atom. The molecule has 0 bridgehead atoms. The molecule has 0 saturated carbocycles. The van der Waals surface area contributed by atoms with Crippen LogP contribution in [0.4, 0.5) is 5.69 Å². The van der Waals surface area contributed by atoms with E-state index in [1.54, 1.807) is 61.5 Å². The zero-order chi connectivity index (χ0) is 27.5. The zero-order valence-electron chi connectivity index (χ0n) is 21.2. The predicted octanol–water partition coefficient (Wildman–Crippen LogP) is 5.14. The van der Waals surface area contributed by atoms with Crippen molar-refractivity contribution in [3.05, 3.63) is 82.4 Å². The summed E-state index contributed by atoms with van der Waals surface area (Å²) < 4.78 is 16.4. The minimum Gasteiger partial charge on any atom is -0.494 e. The quantitative estimate of drug-likeness (QED) is 0.0923. The maximum Gasteiger partial charge on any atom is 0.343 e. The SMILES string of the molecule is CCCCOc1ccc(C(=O)Oc2ccc(/C=N\NC(=O)C(=O)Nc3cccc(Cl)c3C)cc2OC)cc1. The van der Waals surface area contributed by atoms with Gasteiger partial charge in [-0.25, -0.2) is 10.2 Å². The van der Waals surface area contributed by atoms with Crippen LogP contribution in [-0.2, 0) is 9.59 Å². The fraction of sp³-hybridized carbons (Fsp3) is 0.214. The first-order valence-electron chi connectivity index (χ1n) is 11.8. The van der Waals surface area contributed by atoms with Crippen LogP contribution in [0.15, 0.2) is 65.8 Å². The first-order valence-corrected chi connectivity index (χ1v) is 12.2. The third-order valence-electron chi connectivity index (χ3n) is 5.35. The number of nitrogens with one attached hydrogen (secondary N) is 2. The molecule has 2 N–H and O–H groups in total. The van der Waals surface area contributed by atoms with Gasteiger partial charge >= 0.3 is 17.8 Å². The normalized spacial score (nSPS) is 10.6. The van der Waals surface area contributed by atoms with E-state index in [2.05, 4.69) is 22.8 Å². The molecule has 0 unspecified atom stereocenters. The molecule has 0 aliphatic rings. The highest BCUT2D eigenvalue weighted by Gasteiger charge is 2.15. The molecule has 0 heterocycles. The zero-order valence-corrected chi connectivity index (χ0v) is 22.0. The fourth-order valence-electron chi connectivity index (χ4n) is 3.17. The van der Waals surface area contributed by atoms with Crippen LogP contribution in [0.5, 0.6) is 17.2 Å². The number of amides is 2. The lowest BCUT2D eigenvalue weighted by atomic mass is 10.2. The molecule has 0 aromatic heterocycles. The molecule has 9 nitrogen and oxygen atoms in total. The first kappa shape index (κ1) is 28.2. The molecule has 0 aliphatic heterocycles. The number of methoxy groups -OCH3 is 1. The number of unbranched alkanes of at least 4 members (excludes halogenated alkanes) is 1. The summed E-state index contributed by atoms with van der Waals surface area (Å²) in [5.74, 6) is -1.24. The maximum atomic E-state index is 12.6. The van der Waals surface area contributed by atoms with Gasteiger partial charge < -0.3 is 19.5 Å². The number of carbonyl (C=O) groups excluding carboxylic acids is 3. The van der Waals surface area contributed by atoms with E-state index in [0.29, 0.717) is 39.8 Å². The standard InChI is InChI=1S/C28H28ClN3O6/c1-4-5-15-37-21-12-10-20(11-13-21)28(35)38-24-14-9-19(16-25(24)36-3)17-30-32-27(34)26(33)31-23-8-6-7-22(29)18(23)2/h6-14,16-17H,4-5,15H2,1-3H3,(H,31,33)(H,32,34)/b30-17-. The van der Waals surface area contributed by atoms with Crippen LogP contribution in [0.3, 0.4) is 0 Å². The van der Waals surface area contributed by atoms with Crippen molar-refractivity contribution in [2.24, 2.45) is 5.10 Å². The van der Waals surface area contributed by atoms with E-state index in [0.717, 1.165) is 12.8 Å². The Hall–Kier alpha value is -4.37. The molecule has 3 rings (SSSR count). The van der Waals surface area contributed by atoms with E-state index in [9.17, 15) is 14.4 Å². The summed E-state index contributed by atoms with van der Waals surface area (Å²) in [4.78, 5) is 36.8. The Morgan fingerprint density at radius 1 is 1.00 bits per heavy atom. The molecule has 0 atom stereocenters. The molecule has 0 spiro atoms. The van der Waals surface area contributed by atoms with Gasteiger partial charge in [0, 0.05) is 10.7 Å². The predicted molar refractivity (Wildman–Crippen MR) is 145 cm³/mol. The number of rotatable bonds is 10. The molecule has 0 radical (unpaired) electrons. The van der Waals surface area contributed by atoms with Crippen molar-refractivity contribution in [3.63, 3.8) is 0 Å². The number of halogens is 1. The highest BCUT2D eigenvalue weighted by molar-refractivity contribution is 6.40. The lowest BCUT2D eigenvalue weighted by Crippen LogP contribution is -2.32. The number of carbonyl (C=O) groups is 3. The summed E-state index contributed by atoms with van der Waals surface area (Å²) in [5.41, 5.74) is 4.11. The lowest BCUT2D eigenvalue weighted by molar-refractivity contribution is -0.136. The van der Waals surface area contributed by atoms with E-state index in [-0.39, 0.29) is 11.5 Å². The van der Waals surface area contributed by atoms with Crippen molar-refractivity contribution in [1.29, 1.82) is 0 Å². The van der Waals surface area contributed by atoms with Gasteiger partial charge in [0.15, 0.2) is 11.5 Å². The number of nitrogens with zero attached hydrogens (tertiary/aromatic N) is 1. The molecule has 2 amide bonds. The van der Waals surface area contributed by atoms with Crippen LogP contribution in [0, 0.1) is 6.92 Å². The number of esters is 1. The third-order valence-corrected chi connectivity index (χ3v) is 5.76. The molecular formula is C28H28ClN3O6. The van der Waals surface area contributed by atoms with Crippen LogP contribution in [0.1, 0.15) is 41.3 Å². The van der Waals surface area contributed by atoms with Crippen LogP contribution in [0.25, 0.3) is 0 Å². The van der Waals surface area contributed by atoms with Crippen molar-refractivity contribution < 1.29 is 28.6 Å². The number of anilines is 1. The summed E-state index contributed by atoms with van der Waals surface area (Å²) in [7, 11) is 1.43. The van der Waals surface area contributed by atoms with E-state index >= 15 is 0 Å². The molecule has 0 aliphatic carbocycles. The Kier molecular flexibility index (Phi) is 10.2. The van der Waals surface area contributed by atoms with Gasteiger partial charge in [0.25, 0.3) is 0 Å². The second kappa shape index (κ2) is 13.8. The Balaban J connectivity index is 1.57. The van der Waals surface area contributed by atoms with Gasteiger partial charge in [-0.15, -0.1) is 0 Å². The van der Waals surface area contributed by atoms with Crippen LogP contribution >= 0.6 is 11.6 Å². The van der Waals surface area contributed by atoms with E-state index in [4.69, 9.17) is 25.8 Å². The topological polar surface area (TPSA) is 115 Å². The Morgan fingerprint density at radius 3 is 2.47 bits per heavy atom. The molecule has 10 heteroatoms. The number of hydrogen-bond acceptors (Lipinski definition) is 7. The summed E-state index contributed by atoms with van der Waals surface area (Å²) in [5, 5.41) is 6.76. The fourth-order valence-corrected chi connectivity index (χ4v) is 3.34. The minimum absolute atomic E-state index is 0.207. The van der Waals surface area contributed by atoms with Gasteiger partial charge in [-0.3, -0.25) is 9.59 Å². The van der Waals surface area contributed by atoms with Crippen LogP contribution in [0.2, 0.25) is 5.02 Å². The van der Waals surface area contributed by atoms with Crippen molar-refractivity contribution in [1.82, 2.24) is 5.43 Å². The van der Waals surface area contributed by atoms with Crippen molar-refractivity contribution in [2.75, 3.05) is 19.0 Å². The van der Waals surface area contributed by atoms with E-state index in [1.165, 1.54) is 19.4 Å². The van der Waals surface area contributed by atoms with Crippen LogP contribution < -0.4 is 25.0 Å². The second-order valence-electron chi connectivity index (χ2n) is 8.09. The van der Waals surface area contributed by atoms with Crippen molar-refractivity contribution in [2.45, 2.75) is 26.7 Å².